The highest BCUT2D eigenvalue weighted by molar-refractivity contribution is 5.94. The molecule has 0 saturated heterocycles. The summed E-state index contributed by atoms with van der Waals surface area (Å²) in [5.74, 6) is -1.57. The molecule has 6 heteroatoms. The van der Waals surface area contributed by atoms with Gasteiger partial charge in [-0.05, 0) is 29.8 Å². The summed E-state index contributed by atoms with van der Waals surface area (Å²) in [6.45, 7) is 0. The standard InChI is InChI=1S/C15H14N2O4/c18-11-6-4-10(5-7-11)9-13(15(20)21)17-14(19)12-3-1-2-8-16-12/h1-8,13,18H,9H2,(H,17,19)(H,20,21)/t13-/m1/s1. The average molecular weight is 286 g/mol. The number of aromatic nitrogens is 1. The van der Waals surface area contributed by atoms with Crippen LogP contribution in [0.5, 0.6) is 5.75 Å². The molecule has 108 valence electrons. The van der Waals surface area contributed by atoms with Crippen molar-refractivity contribution in [2.45, 2.75) is 12.5 Å². The zero-order valence-electron chi connectivity index (χ0n) is 11.1. The van der Waals surface area contributed by atoms with Gasteiger partial charge in [-0.1, -0.05) is 18.2 Å². The van der Waals surface area contributed by atoms with Crippen LogP contribution in [0.25, 0.3) is 0 Å². The number of nitrogens with zero attached hydrogens (tertiary/aromatic N) is 1. The number of aromatic hydroxyl groups is 1. The Kier molecular flexibility index (Phi) is 4.50. The van der Waals surface area contributed by atoms with Gasteiger partial charge in [-0.3, -0.25) is 9.78 Å². The quantitative estimate of drug-likeness (QED) is 0.767. The first kappa shape index (κ1) is 14.5. The van der Waals surface area contributed by atoms with E-state index in [1.54, 1.807) is 24.3 Å². The van der Waals surface area contributed by atoms with Gasteiger partial charge in [0, 0.05) is 12.6 Å². The molecule has 2 rings (SSSR count). The lowest BCUT2D eigenvalue weighted by Gasteiger charge is -2.14. The predicted octanol–water partition coefficient (Wildman–Crippen LogP) is 1.21. The Balaban J connectivity index is 2.07. The highest BCUT2D eigenvalue weighted by Crippen LogP contribution is 2.11. The molecule has 1 heterocycles. The van der Waals surface area contributed by atoms with Gasteiger partial charge in [0.15, 0.2) is 0 Å². The highest BCUT2D eigenvalue weighted by atomic mass is 16.4. The van der Waals surface area contributed by atoms with E-state index in [-0.39, 0.29) is 17.9 Å². The number of aliphatic carboxylic acids is 1. The van der Waals surface area contributed by atoms with Gasteiger partial charge in [-0.2, -0.15) is 0 Å². The molecule has 0 radical (unpaired) electrons. The van der Waals surface area contributed by atoms with Gasteiger partial charge < -0.3 is 15.5 Å². The molecular formula is C15H14N2O4. The molecule has 1 aromatic carbocycles. The maximum atomic E-state index is 11.9. The van der Waals surface area contributed by atoms with E-state index >= 15 is 0 Å². The molecule has 0 fully saturated rings. The Morgan fingerprint density at radius 3 is 2.43 bits per heavy atom. The van der Waals surface area contributed by atoms with Gasteiger partial charge in [-0.15, -0.1) is 0 Å². The Morgan fingerprint density at radius 1 is 1.14 bits per heavy atom. The van der Waals surface area contributed by atoms with Crippen molar-refractivity contribution in [3.63, 3.8) is 0 Å². The third kappa shape index (κ3) is 4.04. The average Bonchev–Trinajstić information content (AvgIpc) is 2.49. The normalized spacial score (nSPS) is 11.6. The van der Waals surface area contributed by atoms with Crippen LogP contribution in [0.3, 0.4) is 0 Å². The Labute approximate surface area is 121 Å². The van der Waals surface area contributed by atoms with E-state index in [1.165, 1.54) is 24.4 Å². The number of nitrogens with one attached hydrogen (secondary N) is 1. The van der Waals surface area contributed by atoms with E-state index in [0.29, 0.717) is 5.56 Å². The molecule has 1 aromatic heterocycles. The van der Waals surface area contributed by atoms with Crippen LogP contribution in [0, 0.1) is 0 Å². The van der Waals surface area contributed by atoms with Crippen molar-refractivity contribution in [1.29, 1.82) is 0 Å². The zero-order valence-corrected chi connectivity index (χ0v) is 11.1. The summed E-state index contributed by atoms with van der Waals surface area (Å²) in [7, 11) is 0. The van der Waals surface area contributed by atoms with Crippen LogP contribution in [0.1, 0.15) is 16.1 Å². The molecule has 0 aliphatic carbocycles. The van der Waals surface area contributed by atoms with Crippen LogP contribution in [-0.4, -0.2) is 33.1 Å². The Bertz CT molecular complexity index is 626. The van der Waals surface area contributed by atoms with E-state index < -0.39 is 17.9 Å². The smallest absolute Gasteiger partial charge is 0.326 e. The molecule has 1 atom stereocenters. The second-order valence-electron chi connectivity index (χ2n) is 4.45. The summed E-state index contributed by atoms with van der Waals surface area (Å²) in [5.41, 5.74) is 0.857. The van der Waals surface area contributed by atoms with Crippen molar-refractivity contribution in [1.82, 2.24) is 10.3 Å². The monoisotopic (exact) mass is 286 g/mol. The lowest BCUT2D eigenvalue weighted by atomic mass is 10.1. The third-order valence-corrected chi connectivity index (χ3v) is 2.88. The molecule has 0 saturated carbocycles. The molecule has 0 spiro atoms. The number of carboxylic acids is 1. The number of carboxylic acid groups (broad SMARTS) is 1. The number of carbonyl (C=O) groups is 2. The van der Waals surface area contributed by atoms with E-state index in [4.69, 9.17) is 0 Å². The zero-order chi connectivity index (χ0) is 15.2. The number of hydrogen-bond donors (Lipinski definition) is 3. The van der Waals surface area contributed by atoms with E-state index in [1.807, 2.05) is 0 Å². The number of carbonyl (C=O) groups excluding carboxylic acids is 1. The molecule has 21 heavy (non-hydrogen) atoms. The molecule has 6 nitrogen and oxygen atoms in total. The molecule has 1 amide bonds. The summed E-state index contributed by atoms with van der Waals surface area (Å²) in [6.07, 6.45) is 1.58. The van der Waals surface area contributed by atoms with Crippen LogP contribution < -0.4 is 5.32 Å². The van der Waals surface area contributed by atoms with Crippen LogP contribution in [0.4, 0.5) is 0 Å². The first-order chi connectivity index (χ1) is 10.1. The van der Waals surface area contributed by atoms with Crippen molar-refractivity contribution in [3.8, 4) is 5.75 Å². The van der Waals surface area contributed by atoms with Crippen molar-refractivity contribution < 1.29 is 19.8 Å². The number of pyridine rings is 1. The van der Waals surface area contributed by atoms with E-state index in [0.717, 1.165) is 0 Å². The largest absolute Gasteiger partial charge is 0.508 e. The van der Waals surface area contributed by atoms with Crippen molar-refractivity contribution >= 4 is 11.9 Å². The Morgan fingerprint density at radius 2 is 1.86 bits per heavy atom. The van der Waals surface area contributed by atoms with E-state index in [9.17, 15) is 19.8 Å². The topological polar surface area (TPSA) is 99.5 Å². The third-order valence-electron chi connectivity index (χ3n) is 2.88. The molecule has 2 aromatic rings. The summed E-state index contributed by atoms with van der Waals surface area (Å²) < 4.78 is 0. The van der Waals surface area contributed by atoms with Crippen LogP contribution in [-0.2, 0) is 11.2 Å². The maximum absolute atomic E-state index is 11.9. The van der Waals surface area contributed by atoms with Crippen LogP contribution in [0.15, 0.2) is 48.7 Å². The first-order valence-electron chi connectivity index (χ1n) is 6.29. The molecule has 0 unspecified atom stereocenters. The fourth-order valence-electron chi connectivity index (χ4n) is 1.80. The molecule has 0 aliphatic heterocycles. The Hall–Kier alpha value is -2.89. The predicted molar refractivity (Wildman–Crippen MR) is 74.9 cm³/mol. The van der Waals surface area contributed by atoms with Crippen molar-refractivity contribution in [3.05, 3.63) is 59.9 Å². The lowest BCUT2D eigenvalue weighted by Crippen LogP contribution is -2.42. The summed E-state index contributed by atoms with van der Waals surface area (Å²) >= 11 is 0. The fraction of sp³-hybridized carbons (Fsp3) is 0.133. The van der Waals surface area contributed by atoms with Crippen LogP contribution >= 0.6 is 0 Å². The van der Waals surface area contributed by atoms with Gasteiger partial charge in [0.2, 0.25) is 0 Å². The fourth-order valence-corrected chi connectivity index (χ4v) is 1.80. The van der Waals surface area contributed by atoms with Gasteiger partial charge in [0.25, 0.3) is 5.91 Å². The van der Waals surface area contributed by atoms with Gasteiger partial charge in [0.05, 0.1) is 0 Å². The lowest BCUT2D eigenvalue weighted by molar-refractivity contribution is -0.139. The van der Waals surface area contributed by atoms with Crippen molar-refractivity contribution in [2.75, 3.05) is 0 Å². The summed E-state index contributed by atoms with van der Waals surface area (Å²) in [6, 6.07) is 9.91. The molecule has 0 aliphatic rings. The number of amides is 1. The minimum atomic E-state index is -1.13. The second-order valence-corrected chi connectivity index (χ2v) is 4.45. The maximum Gasteiger partial charge on any atom is 0.326 e. The van der Waals surface area contributed by atoms with Gasteiger partial charge in [0.1, 0.15) is 17.5 Å². The van der Waals surface area contributed by atoms with Gasteiger partial charge in [-0.25, -0.2) is 4.79 Å². The van der Waals surface area contributed by atoms with E-state index in [2.05, 4.69) is 10.3 Å². The minimum Gasteiger partial charge on any atom is -0.508 e. The minimum absolute atomic E-state index is 0.100. The molecule has 0 bridgehead atoms. The first-order valence-corrected chi connectivity index (χ1v) is 6.29. The van der Waals surface area contributed by atoms with Gasteiger partial charge >= 0.3 is 5.97 Å². The second kappa shape index (κ2) is 6.51. The summed E-state index contributed by atoms with van der Waals surface area (Å²) in [5, 5.41) is 20.8. The number of hydrogen-bond acceptors (Lipinski definition) is 4. The number of benzene rings is 1. The number of phenolic OH excluding ortho intramolecular Hbond substituents is 1. The highest BCUT2D eigenvalue weighted by Gasteiger charge is 2.21. The molecule has 3 N–H and O–H groups in total. The molecular weight excluding hydrogens is 272 g/mol. The SMILES string of the molecule is O=C(N[C@H](Cc1ccc(O)cc1)C(=O)O)c1ccccn1. The summed E-state index contributed by atoms with van der Waals surface area (Å²) in [4.78, 5) is 27.1. The van der Waals surface area contributed by atoms with Crippen molar-refractivity contribution in [2.24, 2.45) is 0 Å². The number of phenols is 1. The number of rotatable bonds is 5. The van der Waals surface area contributed by atoms with Crippen LogP contribution in [0.2, 0.25) is 0 Å².